The van der Waals surface area contributed by atoms with Crippen molar-refractivity contribution in [1.29, 1.82) is 0 Å². The van der Waals surface area contributed by atoms with Crippen LogP contribution in [0.4, 0.5) is 0 Å². The molecule has 0 unspecified atom stereocenters. The second kappa shape index (κ2) is 6.94. The summed E-state index contributed by atoms with van der Waals surface area (Å²) in [5.74, 6) is 0.668. The molecule has 1 aromatic heterocycles. The summed E-state index contributed by atoms with van der Waals surface area (Å²) in [5.41, 5.74) is 0. The molecule has 1 heterocycles. The summed E-state index contributed by atoms with van der Waals surface area (Å²) in [6.07, 6.45) is 2.91. The number of rotatable bonds is 7. The van der Waals surface area contributed by atoms with Gasteiger partial charge in [0.15, 0.2) is 5.82 Å². The van der Waals surface area contributed by atoms with Crippen molar-refractivity contribution in [3.63, 3.8) is 0 Å². The maximum absolute atomic E-state index is 11.1. The fraction of sp³-hybridized carbons (Fsp3) is 0.667. The van der Waals surface area contributed by atoms with Crippen LogP contribution in [0.2, 0.25) is 0 Å². The highest BCUT2D eigenvalue weighted by molar-refractivity contribution is 5.77. The molecule has 0 aromatic carbocycles. The monoisotopic (exact) mass is 212 g/mol. The number of nitrogens with zero attached hydrogens (tertiary/aromatic N) is 2. The van der Waals surface area contributed by atoms with Crippen LogP contribution in [0.25, 0.3) is 0 Å². The first-order valence-corrected chi connectivity index (χ1v) is 5.05. The van der Waals surface area contributed by atoms with Crippen LogP contribution in [0.5, 0.6) is 0 Å². The van der Waals surface area contributed by atoms with Crippen molar-refractivity contribution in [3.8, 4) is 0 Å². The highest BCUT2D eigenvalue weighted by Gasteiger charge is 2.00. The summed E-state index contributed by atoms with van der Waals surface area (Å²) in [6.45, 7) is 3.74. The van der Waals surface area contributed by atoms with Crippen LogP contribution in [0, 0.1) is 0 Å². The average molecular weight is 212 g/mol. The average Bonchev–Trinajstić information content (AvgIpc) is 2.74. The Morgan fingerprint density at radius 2 is 2.40 bits per heavy atom. The Labute approximate surface area is 88.4 Å². The second-order valence-electron chi connectivity index (χ2n) is 3.12. The van der Waals surface area contributed by atoms with E-state index >= 15 is 0 Å². The first-order valence-electron chi connectivity index (χ1n) is 5.05. The minimum Gasteiger partial charge on any atom is -0.355 e. The Bertz CT molecular complexity index is 274. The van der Waals surface area contributed by atoms with Crippen molar-refractivity contribution < 1.29 is 9.32 Å². The molecule has 0 spiro atoms. The van der Waals surface area contributed by atoms with E-state index < -0.39 is 0 Å². The topological polar surface area (TPSA) is 80.0 Å². The van der Waals surface area contributed by atoms with Crippen molar-refractivity contribution in [2.75, 3.05) is 19.6 Å². The van der Waals surface area contributed by atoms with E-state index in [-0.39, 0.29) is 5.91 Å². The minimum atomic E-state index is 0.0185. The molecule has 0 saturated heterocycles. The SMILES string of the molecule is CCCNC(=O)CNCCc1ncon1. The van der Waals surface area contributed by atoms with Crippen LogP contribution in [0.3, 0.4) is 0 Å². The minimum absolute atomic E-state index is 0.0185. The molecule has 1 rings (SSSR count). The molecule has 1 amide bonds. The van der Waals surface area contributed by atoms with Gasteiger partial charge in [-0.3, -0.25) is 4.79 Å². The van der Waals surface area contributed by atoms with E-state index in [4.69, 9.17) is 0 Å². The molecular weight excluding hydrogens is 196 g/mol. The standard InChI is InChI=1S/C9H16N4O2/c1-2-4-11-9(14)6-10-5-3-8-12-7-15-13-8/h7,10H,2-6H2,1H3,(H,11,14). The van der Waals surface area contributed by atoms with Crippen LogP contribution >= 0.6 is 0 Å². The number of carbonyl (C=O) groups excluding carboxylic acids is 1. The van der Waals surface area contributed by atoms with E-state index in [1.54, 1.807) is 0 Å². The fourth-order valence-electron chi connectivity index (χ4n) is 1.03. The summed E-state index contributed by atoms with van der Waals surface area (Å²) in [6, 6.07) is 0. The maximum Gasteiger partial charge on any atom is 0.233 e. The summed E-state index contributed by atoms with van der Waals surface area (Å²) < 4.78 is 4.58. The molecule has 0 fully saturated rings. The maximum atomic E-state index is 11.1. The van der Waals surface area contributed by atoms with Crippen LogP contribution in [-0.2, 0) is 11.2 Å². The third-order valence-electron chi connectivity index (χ3n) is 1.79. The molecule has 2 N–H and O–H groups in total. The van der Waals surface area contributed by atoms with Gasteiger partial charge in [0.05, 0.1) is 6.54 Å². The molecule has 6 heteroatoms. The number of carbonyl (C=O) groups is 1. The largest absolute Gasteiger partial charge is 0.355 e. The van der Waals surface area contributed by atoms with Crippen LogP contribution in [0.1, 0.15) is 19.2 Å². The summed E-state index contributed by atoms with van der Waals surface area (Å²) >= 11 is 0. The third kappa shape index (κ3) is 5.11. The van der Waals surface area contributed by atoms with Gasteiger partial charge in [-0.1, -0.05) is 12.1 Å². The van der Waals surface area contributed by atoms with Gasteiger partial charge in [0.2, 0.25) is 12.3 Å². The fourth-order valence-corrected chi connectivity index (χ4v) is 1.03. The van der Waals surface area contributed by atoms with Crippen LogP contribution in [-0.4, -0.2) is 35.7 Å². The molecule has 0 atom stereocenters. The highest BCUT2D eigenvalue weighted by atomic mass is 16.5. The molecule has 0 bridgehead atoms. The number of amides is 1. The Hall–Kier alpha value is -1.43. The lowest BCUT2D eigenvalue weighted by Crippen LogP contribution is -2.35. The van der Waals surface area contributed by atoms with Crippen molar-refractivity contribution >= 4 is 5.91 Å². The van der Waals surface area contributed by atoms with E-state index in [0.717, 1.165) is 13.0 Å². The van der Waals surface area contributed by atoms with Crippen molar-refractivity contribution in [2.45, 2.75) is 19.8 Å². The van der Waals surface area contributed by atoms with E-state index in [9.17, 15) is 4.79 Å². The van der Waals surface area contributed by atoms with Crippen molar-refractivity contribution in [3.05, 3.63) is 12.2 Å². The number of nitrogens with one attached hydrogen (secondary N) is 2. The Morgan fingerprint density at radius 3 is 3.07 bits per heavy atom. The second-order valence-corrected chi connectivity index (χ2v) is 3.12. The van der Waals surface area contributed by atoms with E-state index in [1.165, 1.54) is 6.39 Å². The Kier molecular flexibility index (Phi) is 5.39. The molecule has 1 aromatic rings. The molecule has 0 aliphatic carbocycles. The lowest BCUT2D eigenvalue weighted by atomic mass is 10.4. The van der Waals surface area contributed by atoms with E-state index in [1.807, 2.05) is 6.92 Å². The van der Waals surface area contributed by atoms with Gasteiger partial charge in [0.25, 0.3) is 0 Å². The predicted molar refractivity (Wildman–Crippen MR) is 54.2 cm³/mol. The number of hydrogen-bond acceptors (Lipinski definition) is 5. The van der Waals surface area contributed by atoms with Gasteiger partial charge in [-0.25, -0.2) is 0 Å². The molecule has 0 aliphatic heterocycles. The zero-order chi connectivity index (χ0) is 10.9. The Balaban J connectivity index is 1.99. The molecule has 15 heavy (non-hydrogen) atoms. The first kappa shape index (κ1) is 11.6. The molecule has 0 radical (unpaired) electrons. The molecule has 6 nitrogen and oxygen atoms in total. The zero-order valence-corrected chi connectivity index (χ0v) is 8.82. The smallest absolute Gasteiger partial charge is 0.233 e. The van der Waals surface area contributed by atoms with Gasteiger partial charge < -0.3 is 15.2 Å². The van der Waals surface area contributed by atoms with Gasteiger partial charge in [0.1, 0.15) is 0 Å². The quantitative estimate of drug-likeness (QED) is 0.608. The van der Waals surface area contributed by atoms with Crippen molar-refractivity contribution in [2.24, 2.45) is 0 Å². The van der Waals surface area contributed by atoms with Gasteiger partial charge in [-0.05, 0) is 6.42 Å². The lowest BCUT2D eigenvalue weighted by Gasteiger charge is -2.03. The summed E-state index contributed by atoms with van der Waals surface area (Å²) in [5, 5.41) is 9.43. The number of hydrogen-bond donors (Lipinski definition) is 2. The van der Waals surface area contributed by atoms with Crippen molar-refractivity contribution in [1.82, 2.24) is 20.8 Å². The molecule has 84 valence electrons. The summed E-state index contributed by atoms with van der Waals surface area (Å²) in [4.78, 5) is 15.0. The lowest BCUT2D eigenvalue weighted by molar-refractivity contribution is -0.120. The highest BCUT2D eigenvalue weighted by Crippen LogP contribution is 1.87. The zero-order valence-electron chi connectivity index (χ0n) is 8.82. The first-order chi connectivity index (χ1) is 7.33. The van der Waals surface area contributed by atoms with Gasteiger partial charge in [0, 0.05) is 19.5 Å². The van der Waals surface area contributed by atoms with Gasteiger partial charge in [-0.15, -0.1) is 0 Å². The molecule has 0 saturated carbocycles. The van der Waals surface area contributed by atoms with Crippen LogP contribution in [0.15, 0.2) is 10.9 Å². The van der Waals surface area contributed by atoms with E-state index in [0.29, 0.717) is 25.3 Å². The van der Waals surface area contributed by atoms with Crippen LogP contribution < -0.4 is 10.6 Å². The molecule has 0 aliphatic rings. The van der Waals surface area contributed by atoms with Gasteiger partial charge in [-0.2, -0.15) is 4.98 Å². The predicted octanol–water partition coefficient (Wildman–Crippen LogP) is -0.272. The third-order valence-corrected chi connectivity index (χ3v) is 1.79. The Morgan fingerprint density at radius 1 is 1.53 bits per heavy atom. The molecular formula is C9H16N4O2. The normalized spacial score (nSPS) is 10.2. The van der Waals surface area contributed by atoms with E-state index in [2.05, 4.69) is 25.3 Å². The summed E-state index contributed by atoms with van der Waals surface area (Å²) in [7, 11) is 0. The number of aromatic nitrogens is 2. The van der Waals surface area contributed by atoms with Gasteiger partial charge >= 0.3 is 0 Å².